The fourth-order valence-corrected chi connectivity index (χ4v) is 3.23. The standard InChI is InChI=1S/C20H24N2O/c1-15-12-16(2)14-18(13-15)21-20(23)17-6-8-19(9-7-17)22-10-4-3-5-11-22/h6-9,12-14H,3-5,10-11H2,1-2H3,(H,21,23). The molecular formula is C20H24N2O. The van der Waals surface area contributed by atoms with Gasteiger partial charge in [0.15, 0.2) is 0 Å². The van der Waals surface area contributed by atoms with Crippen molar-refractivity contribution < 1.29 is 4.79 Å². The van der Waals surface area contributed by atoms with E-state index in [0.29, 0.717) is 5.56 Å². The third-order valence-corrected chi connectivity index (χ3v) is 4.33. The van der Waals surface area contributed by atoms with Crippen molar-refractivity contribution in [1.29, 1.82) is 0 Å². The van der Waals surface area contributed by atoms with Crippen LogP contribution in [0.4, 0.5) is 11.4 Å². The van der Waals surface area contributed by atoms with Gasteiger partial charge >= 0.3 is 0 Å². The molecule has 1 N–H and O–H groups in total. The molecule has 1 aliphatic rings. The van der Waals surface area contributed by atoms with Crippen LogP contribution in [-0.2, 0) is 0 Å². The van der Waals surface area contributed by atoms with Crippen LogP contribution in [0.1, 0.15) is 40.7 Å². The van der Waals surface area contributed by atoms with Gasteiger partial charge in [-0.2, -0.15) is 0 Å². The Morgan fingerprint density at radius 3 is 2.13 bits per heavy atom. The summed E-state index contributed by atoms with van der Waals surface area (Å²) >= 11 is 0. The second-order valence-corrected chi connectivity index (χ2v) is 6.43. The Hall–Kier alpha value is -2.29. The molecule has 120 valence electrons. The summed E-state index contributed by atoms with van der Waals surface area (Å²) in [6, 6.07) is 14.0. The zero-order chi connectivity index (χ0) is 16.2. The largest absolute Gasteiger partial charge is 0.372 e. The topological polar surface area (TPSA) is 32.3 Å². The molecule has 1 amide bonds. The Bertz CT molecular complexity index is 665. The van der Waals surface area contributed by atoms with E-state index in [2.05, 4.69) is 28.4 Å². The number of amides is 1. The van der Waals surface area contributed by atoms with Gasteiger partial charge in [-0.05, 0) is 80.6 Å². The van der Waals surface area contributed by atoms with Crippen LogP contribution in [0.3, 0.4) is 0 Å². The molecule has 1 fully saturated rings. The van der Waals surface area contributed by atoms with E-state index in [1.54, 1.807) is 0 Å². The first kappa shape index (κ1) is 15.6. The van der Waals surface area contributed by atoms with Crippen molar-refractivity contribution in [3.63, 3.8) is 0 Å². The quantitative estimate of drug-likeness (QED) is 0.902. The first-order valence-electron chi connectivity index (χ1n) is 8.36. The van der Waals surface area contributed by atoms with Crippen LogP contribution in [0.25, 0.3) is 0 Å². The number of aryl methyl sites for hydroxylation is 2. The average molecular weight is 308 g/mol. The summed E-state index contributed by atoms with van der Waals surface area (Å²) in [7, 11) is 0. The highest BCUT2D eigenvalue weighted by Crippen LogP contribution is 2.21. The van der Waals surface area contributed by atoms with Gasteiger partial charge in [-0.25, -0.2) is 0 Å². The molecule has 2 aromatic carbocycles. The molecule has 0 aromatic heterocycles. The minimum Gasteiger partial charge on any atom is -0.372 e. The molecule has 0 radical (unpaired) electrons. The van der Waals surface area contributed by atoms with Crippen LogP contribution >= 0.6 is 0 Å². The van der Waals surface area contributed by atoms with E-state index in [0.717, 1.165) is 29.9 Å². The minimum absolute atomic E-state index is 0.0554. The number of rotatable bonds is 3. The molecule has 3 nitrogen and oxygen atoms in total. The lowest BCUT2D eigenvalue weighted by atomic mass is 10.1. The fraction of sp³-hybridized carbons (Fsp3) is 0.350. The molecule has 1 heterocycles. The lowest BCUT2D eigenvalue weighted by Gasteiger charge is -2.28. The van der Waals surface area contributed by atoms with Crippen LogP contribution in [0.15, 0.2) is 42.5 Å². The maximum atomic E-state index is 12.4. The minimum atomic E-state index is -0.0554. The van der Waals surface area contributed by atoms with E-state index >= 15 is 0 Å². The zero-order valence-corrected chi connectivity index (χ0v) is 13.9. The number of anilines is 2. The van der Waals surface area contributed by atoms with E-state index in [-0.39, 0.29) is 5.91 Å². The first-order chi connectivity index (χ1) is 11.1. The SMILES string of the molecule is Cc1cc(C)cc(NC(=O)c2ccc(N3CCCCC3)cc2)c1. The van der Waals surface area contributed by atoms with E-state index < -0.39 is 0 Å². The van der Waals surface area contributed by atoms with Gasteiger partial charge in [0.2, 0.25) is 0 Å². The highest BCUT2D eigenvalue weighted by atomic mass is 16.1. The fourth-order valence-electron chi connectivity index (χ4n) is 3.23. The normalized spacial score (nSPS) is 14.6. The zero-order valence-electron chi connectivity index (χ0n) is 13.9. The molecule has 0 atom stereocenters. The van der Waals surface area contributed by atoms with E-state index in [1.165, 1.54) is 24.9 Å². The number of benzene rings is 2. The molecule has 0 bridgehead atoms. The molecule has 2 aromatic rings. The molecule has 0 aliphatic carbocycles. The summed E-state index contributed by atoms with van der Waals surface area (Å²) in [5.41, 5.74) is 5.08. The van der Waals surface area contributed by atoms with Gasteiger partial charge in [0.1, 0.15) is 0 Å². The number of nitrogens with one attached hydrogen (secondary N) is 1. The monoisotopic (exact) mass is 308 g/mol. The molecular weight excluding hydrogens is 284 g/mol. The Morgan fingerprint density at radius 2 is 1.52 bits per heavy atom. The second-order valence-electron chi connectivity index (χ2n) is 6.43. The van der Waals surface area contributed by atoms with Gasteiger partial charge in [-0.15, -0.1) is 0 Å². The molecule has 0 unspecified atom stereocenters. The number of piperidine rings is 1. The Labute approximate surface area is 138 Å². The number of carbonyl (C=O) groups excluding carboxylic acids is 1. The maximum Gasteiger partial charge on any atom is 0.255 e. The van der Waals surface area contributed by atoms with Crippen LogP contribution in [-0.4, -0.2) is 19.0 Å². The van der Waals surface area contributed by atoms with Crippen molar-refractivity contribution in [2.75, 3.05) is 23.3 Å². The van der Waals surface area contributed by atoms with Crippen LogP contribution in [0.5, 0.6) is 0 Å². The highest BCUT2D eigenvalue weighted by Gasteiger charge is 2.12. The van der Waals surface area contributed by atoms with Crippen molar-refractivity contribution in [2.45, 2.75) is 33.1 Å². The predicted molar refractivity (Wildman–Crippen MR) is 96.4 cm³/mol. The molecule has 1 aliphatic heterocycles. The van der Waals surface area contributed by atoms with E-state index in [4.69, 9.17) is 0 Å². The molecule has 3 heteroatoms. The maximum absolute atomic E-state index is 12.4. The van der Waals surface area contributed by atoms with Gasteiger partial charge in [-0.3, -0.25) is 4.79 Å². The lowest BCUT2D eigenvalue weighted by Crippen LogP contribution is -2.29. The third kappa shape index (κ3) is 3.92. The summed E-state index contributed by atoms with van der Waals surface area (Å²) in [4.78, 5) is 14.8. The van der Waals surface area contributed by atoms with Crippen molar-refractivity contribution in [1.82, 2.24) is 0 Å². The molecule has 0 spiro atoms. The summed E-state index contributed by atoms with van der Waals surface area (Å²) in [6.07, 6.45) is 3.84. The number of carbonyl (C=O) groups is 1. The van der Waals surface area contributed by atoms with Crippen molar-refractivity contribution >= 4 is 17.3 Å². The number of hydrogen-bond acceptors (Lipinski definition) is 2. The van der Waals surface area contributed by atoms with Crippen molar-refractivity contribution in [3.05, 3.63) is 59.2 Å². The van der Waals surface area contributed by atoms with Gasteiger partial charge in [-0.1, -0.05) is 6.07 Å². The Kier molecular flexibility index (Phi) is 4.65. The van der Waals surface area contributed by atoms with Crippen LogP contribution in [0.2, 0.25) is 0 Å². The first-order valence-corrected chi connectivity index (χ1v) is 8.36. The van der Waals surface area contributed by atoms with E-state index in [9.17, 15) is 4.79 Å². The molecule has 23 heavy (non-hydrogen) atoms. The van der Waals surface area contributed by atoms with Gasteiger partial charge in [0.05, 0.1) is 0 Å². The average Bonchev–Trinajstić information content (AvgIpc) is 2.55. The summed E-state index contributed by atoms with van der Waals surface area (Å²) < 4.78 is 0. The summed E-state index contributed by atoms with van der Waals surface area (Å²) in [6.45, 7) is 6.31. The molecule has 1 saturated heterocycles. The number of nitrogens with zero attached hydrogens (tertiary/aromatic N) is 1. The summed E-state index contributed by atoms with van der Waals surface area (Å²) in [5.74, 6) is -0.0554. The molecule has 0 saturated carbocycles. The number of hydrogen-bond donors (Lipinski definition) is 1. The molecule has 3 rings (SSSR count). The van der Waals surface area contributed by atoms with Gasteiger partial charge < -0.3 is 10.2 Å². The Balaban J connectivity index is 1.69. The summed E-state index contributed by atoms with van der Waals surface area (Å²) in [5, 5.41) is 2.99. The Morgan fingerprint density at radius 1 is 0.913 bits per heavy atom. The lowest BCUT2D eigenvalue weighted by molar-refractivity contribution is 0.102. The van der Waals surface area contributed by atoms with Crippen LogP contribution in [0, 0.1) is 13.8 Å². The van der Waals surface area contributed by atoms with Crippen molar-refractivity contribution in [2.24, 2.45) is 0 Å². The smallest absolute Gasteiger partial charge is 0.255 e. The van der Waals surface area contributed by atoms with Gasteiger partial charge in [0, 0.05) is 30.0 Å². The van der Waals surface area contributed by atoms with Crippen LogP contribution < -0.4 is 10.2 Å². The highest BCUT2D eigenvalue weighted by molar-refractivity contribution is 6.04. The van der Waals surface area contributed by atoms with Gasteiger partial charge in [0.25, 0.3) is 5.91 Å². The van der Waals surface area contributed by atoms with E-state index in [1.807, 2.05) is 38.1 Å². The van der Waals surface area contributed by atoms with Crippen molar-refractivity contribution in [3.8, 4) is 0 Å². The second kappa shape index (κ2) is 6.86. The third-order valence-electron chi connectivity index (χ3n) is 4.33. The predicted octanol–water partition coefficient (Wildman–Crippen LogP) is 4.55.